The van der Waals surface area contributed by atoms with Crippen LogP contribution in [0.5, 0.6) is 0 Å². The maximum absolute atomic E-state index is 13.4. The van der Waals surface area contributed by atoms with E-state index in [1.165, 1.54) is 16.5 Å². The van der Waals surface area contributed by atoms with E-state index in [0.717, 1.165) is 41.9 Å². The Labute approximate surface area is 172 Å². The summed E-state index contributed by atoms with van der Waals surface area (Å²) in [6, 6.07) is 10.1. The minimum absolute atomic E-state index is 0.121. The zero-order chi connectivity index (χ0) is 20.4. The van der Waals surface area contributed by atoms with Crippen molar-refractivity contribution in [2.75, 3.05) is 13.2 Å². The number of rotatable bonds is 6. The number of aromatic nitrogens is 2. The van der Waals surface area contributed by atoms with Crippen molar-refractivity contribution < 1.29 is 9.53 Å². The number of ether oxygens (including phenoxy) is 1. The summed E-state index contributed by atoms with van der Waals surface area (Å²) in [5.41, 5.74) is 6.62. The Morgan fingerprint density at radius 3 is 2.76 bits per heavy atom. The minimum Gasteiger partial charge on any atom is -0.376 e. The van der Waals surface area contributed by atoms with Crippen LogP contribution >= 0.6 is 0 Å². The van der Waals surface area contributed by atoms with Crippen molar-refractivity contribution in [3.05, 3.63) is 64.6 Å². The maximum Gasteiger partial charge on any atom is 0.227 e. The Kier molecular flexibility index (Phi) is 5.67. The van der Waals surface area contributed by atoms with E-state index in [1.807, 2.05) is 23.1 Å². The molecule has 2 aromatic heterocycles. The van der Waals surface area contributed by atoms with Gasteiger partial charge in [-0.2, -0.15) is 0 Å². The molecule has 3 aromatic rings. The second-order valence-electron chi connectivity index (χ2n) is 8.09. The molecule has 1 aromatic carbocycles. The van der Waals surface area contributed by atoms with Gasteiger partial charge in [-0.15, -0.1) is 0 Å². The van der Waals surface area contributed by atoms with Crippen LogP contribution in [-0.2, 0) is 22.5 Å². The molecule has 0 aliphatic carbocycles. The molecule has 0 radical (unpaired) electrons. The molecular formula is C24H29N3O2. The first-order chi connectivity index (χ1) is 14.0. The molecule has 1 aliphatic heterocycles. The Balaban J connectivity index is 1.61. The van der Waals surface area contributed by atoms with E-state index in [0.29, 0.717) is 19.5 Å². The van der Waals surface area contributed by atoms with E-state index < -0.39 is 0 Å². The first-order valence-electron chi connectivity index (χ1n) is 10.4. The predicted octanol–water partition coefficient (Wildman–Crippen LogP) is 4.24. The van der Waals surface area contributed by atoms with E-state index in [2.05, 4.69) is 42.9 Å². The van der Waals surface area contributed by atoms with Gasteiger partial charge in [0.15, 0.2) is 0 Å². The van der Waals surface area contributed by atoms with Crippen LogP contribution in [0.25, 0.3) is 10.9 Å². The summed E-state index contributed by atoms with van der Waals surface area (Å²) < 4.78 is 5.81. The van der Waals surface area contributed by atoms with Gasteiger partial charge in [-0.3, -0.25) is 9.78 Å². The van der Waals surface area contributed by atoms with E-state index in [9.17, 15) is 4.79 Å². The van der Waals surface area contributed by atoms with Crippen LogP contribution in [-0.4, -0.2) is 40.0 Å². The summed E-state index contributed by atoms with van der Waals surface area (Å²) in [5, 5.41) is 1.19. The molecule has 1 atom stereocenters. The monoisotopic (exact) mass is 391 g/mol. The number of amides is 1. The van der Waals surface area contributed by atoms with Crippen molar-refractivity contribution in [1.29, 1.82) is 0 Å². The summed E-state index contributed by atoms with van der Waals surface area (Å²) in [6.07, 6.45) is 4.36. The molecule has 5 nitrogen and oxygen atoms in total. The fourth-order valence-electron chi connectivity index (χ4n) is 4.27. The fourth-order valence-corrected chi connectivity index (χ4v) is 4.27. The van der Waals surface area contributed by atoms with E-state index >= 15 is 0 Å². The second kappa shape index (κ2) is 8.37. The Morgan fingerprint density at radius 1 is 1.21 bits per heavy atom. The fraction of sp³-hybridized carbons (Fsp3) is 0.417. The van der Waals surface area contributed by atoms with E-state index in [-0.39, 0.29) is 12.0 Å². The van der Waals surface area contributed by atoms with Crippen molar-refractivity contribution in [3.8, 4) is 0 Å². The number of aromatic amines is 1. The van der Waals surface area contributed by atoms with Crippen LogP contribution in [0.1, 0.15) is 40.9 Å². The average molecular weight is 392 g/mol. The molecule has 1 N–H and O–H groups in total. The number of pyridine rings is 1. The number of carbonyl (C=O) groups is 1. The molecule has 1 amide bonds. The zero-order valence-electron chi connectivity index (χ0n) is 17.5. The van der Waals surface area contributed by atoms with Crippen molar-refractivity contribution >= 4 is 16.8 Å². The van der Waals surface area contributed by atoms with Crippen LogP contribution in [0.2, 0.25) is 0 Å². The number of nitrogens with one attached hydrogen (secondary N) is 1. The summed E-state index contributed by atoms with van der Waals surface area (Å²) in [4.78, 5) is 23.3. The van der Waals surface area contributed by atoms with Gasteiger partial charge in [-0.1, -0.05) is 18.2 Å². The number of H-pyrrole nitrogens is 1. The van der Waals surface area contributed by atoms with Crippen molar-refractivity contribution in [2.24, 2.45) is 0 Å². The Morgan fingerprint density at radius 2 is 2.03 bits per heavy atom. The van der Waals surface area contributed by atoms with Crippen molar-refractivity contribution in [3.63, 3.8) is 0 Å². The summed E-state index contributed by atoms with van der Waals surface area (Å²) in [5.74, 6) is 0.121. The highest BCUT2D eigenvalue weighted by molar-refractivity contribution is 5.93. The van der Waals surface area contributed by atoms with E-state index in [1.54, 1.807) is 6.20 Å². The number of hydrogen-bond donors (Lipinski definition) is 1. The molecule has 0 saturated carbocycles. The lowest BCUT2D eigenvalue weighted by Gasteiger charge is -2.25. The van der Waals surface area contributed by atoms with Gasteiger partial charge in [0, 0.05) is 35.9 Å². The molecule has 1 unspecified atom stereocenters. The smallest absolute Gasteiger partial charge is 0.227 e. The number of fused-ring (bicyclic) bond motifs is 1. The van der Waals surface area contributed by atoms with Crippen molar-refractivity contribution in [2.45, 2.75) is 52.7 Å². The number of aryl methyl sites for hydroxylation is 3. The van der Waals surface area contributed by atoms with Gasteiger partial charge in [0.1, 0.15) is 0 Å². The lowest BCUT2D eigenvalue weighted by atomic mass is 10.0. The highest BCUT2D eigenvalue weighted by Crippen LogP contribution is 2.29. The average Bonchev–Trinajstić information content (AvgIpc) is 3.34. The van der Waals surface area contributed by atoms with Crippen LogP contribution in [0, 0.1) is 20.8 Å². The lowest BCUT2D eigenvalue weighted by molar-refractivity contribution is -0.132. The number of carbonyl (C=O) groups excluding carboxylic acids is 1. The molecule has 1 saturated heterocycles. The third-order valence-electron chi connectivity index (χ3n) is 5.90. The lowest BCUT2D eigenvalue weighted by Crippen LogP contribution is -2.38. The quantitative estimate of drug-likeness (QED) is 0.684. The molecule has 0 bridgehead atoms. The summed E-state index contributed by atoms with van der Waals surface area (Å²) >= 11 is 0. The SMILES string of the molecule is Cc1[nH]c2c(C)ccc(C)c2c1CC(=O)N(Cc1ccccn1)CC1CCCO1. The minimum atomic E-state index is 0.121. The third-order valence-corrected chi connectivity index (χ3v) is 5.90. The molecule has 3 heterocycles. The summed E-state index contributed by atoms with van der Waals surface area (Å²) in [6.45, 7) is 8.20. The highest BCUT2D eigenvalue weighted by Gasteiger charge is 2.25. The van der Waals surface area contributed by atoms with Gasteiger partial charge in [-0.05, 0) is 62.4 Å². The van der Waals surface area contributed by atoms with Gasteiger partial charge in [0.05, 0.1) is 24.8 Å². The molecule has 29 heavy (non-hydrogen) atoms. The molecule has 1 aliphatic rings. The largest absolute Gasteiger partial charge is 0.376 e. The van der Waals surface area contributed by atoms with Crippen LogP contribution in [0.3, 0.4) is 0 Å². The topological polar surface area (TPSA) is 58.2 Å². The van der Waals surface area contributed by atoms with Gasteiger partial charge in [0.2, 0.25) is 5.91 Å². The standard InChI is InChI=1S/C24H29N3O2/c1-16-9-10-17(2)24-23(16)21(18(3)26-24)13-22(28)27(15-20-8-6-12-29-20)14-19-7-4-5-11-25-19/h4-5,7,9-11,20,26H,6,8,12-15H2,1-3H3. The maximum atomic E-state index is 13.4. The number of hydrogen-bond acceptors (Lipinski definition) is 3. The Hall–Kier alpha value is -2.66. The van der Waals surface area contributed by atoms with Crippen LogP contribution in [0.15, 0.2) is 36.5 Å². The number of nitrogens with zero attached hydrogens (tertiary/aromatic N) is 2. The molecule has 4 rings (SSSR count). The molecule has 0 spiro atoms. The summed E-state index contributed by atoms with van der Waals surface area (Å²) in [7, 11) is 0. The first kappa shape index (κ1) is 19.6. The molecular weight excluding hydrogens is 362 g/mol. The Bertz CT molecular complexity index is 1000. The van der Waals surface area contributed by atoms with Crippen LogP contribution < -0.4 is 0 Å². The van der Waals surface area contributed by atoms with Gasteiger partial charge >= 0.3 is 0 Å². The first-order valence-corrected chi connectivity index (χ1v) is 10.4. The second-order valence-corrected chi connectivity index (χ2v) is 8.09. The van der Waals surface area contributed by atoms with Crippen molar-refractivity contribution in [1.82, 2.24) is 14.9 Å². The molecule has 152 valence electrons. The van der Waals surface area contributed by atoms with Gasteiger partial charge < -0.3 is 14.6 Å². The van der Waals surface area contributed by atoms with Crippen LogP contribution in [0.4, 0.5) is 0 Å². The molecule has 1 fully saturated rings. The normalized spacial score (nSPS) is 16.4. The van der Waals surface area contributed by atoms with E-state index in [4.69, 9.17) is 4.74 Å². The third kappa shape index (κ3) is 4.20. The predicted molar refractivity (Wildman–Crippen MR) is 115 cm³/mol. The van der Waals surface area contributed by atoms with Gasteiger partial charge in [0.25, 0.3) is 0 Å². The highest BCUT2D eigenvalue weighted by atomic mass is 16.5. The zero-order valence-corrected chi connectivity index (χ0v) is 17.5. The number of benzene rings is 1. The van der Waals surface area contributed by atoms with Gasteiger partial charge in [-0.25, -0.2) is 0 Å². The molecule has 5 heteroatoms.